The van der Waals surface area contributed by atoms with Crippen LogP contribution in [-0.4, -0.2) is 25.3 Å². The lowest BCUT2D eigenvalue weighted by atomic mass is 10.0. The lowest BCUT2D eigenvalue weighted by Crippen LogP contribution is -2.44. The summed E-state index contributed by atoms with van der Waals surface area (Å²) in [6, 6.07) is -1.64. The van der Waals surface area contributed by atoms with Crippen LogP contribution in [0.3, 0.4) is 0 Å². The van der Waals surface area contributed by atoms with Crippen LogP contribution in [0.2, 0.25) is 0 Å². The van der Waals surface area contributed by atoms with Crippen molar-refractivity contribution in [3.8, 4) is 0 Å². The summed E-state index contributed by atoms with van der Waals surface area (Å²) in [5.74, 6) is -2.94. The Morgan fingerprint density at radius 3 is 2.08 bits per heavy atom. The zero-order valence-electron chi connectivity index (χ0n) is 7.09. The molecule has 3 nitrogen and oxygen atoms in total. The largest absolute Gasteiger partial charge is 0.468 e. The summed E-state index contributed by atoms with van der Waals surface area (Å²) in [4.78, 5) is 10.6. The fraction of sp³-hybridized carbons (Fsp3) is 0.833. The minimum Gasteiger partial charge on any atom is -0.468 e. The molecule has 0 bridgehead atoms. The number of rotatable bonds is 2. The first-order chi connectivity index (χ1) is 5.30. The second kappa shape index (κ2) is 5.29. The average molecular weight is 222 g/mol. The summed E-state index contributed by atoms with van der Waals surface area (Å²) in [5, 5.41) is 0. The summed E-state index contributed by atoms with van der Waals surface area (Å²) in [6.07, 6.45) is -4.46. The van der Waals surface area contributed by atoms with Crippen molar-refractivity contribution in [2.45, 2.75) is 19.1 Å². The van der Waals surface area contributed by atoms with Gasteiger partial charge in [-0.05, 0) is 0 Å². The highest BCUT2D eigenvalue weighted by Gasteiger charge is 2.42. The summed E-state index contributed by atoms with van der Waals surface area (Å²) < 4.78 is 39.8. The molecule has 0 fully saturated rings. The maximum Gasteiger partial charge on any atom is 0.393 e. The Bertz CT molecular complexity index is 174. The van der Waals surface area contributed by atoms with E-state index in [1.165, 1.54) is 0 Å². The van der Waals surface area contributed by atoms with Gasteiger partial charge < -0.3 is 10.5 Å². The zero-order chi connectivity index (χ0) is 9.94. The number of hydrogen-bond donors (Lipinski definition) is 1. The molecule has 2 atom stereocenters. The maximum absolute atomic E-state index is 11.9. The van der Waals surface area contributed by atoms with Gasteiger partial charge in [-0.2, -0.15) is 13.2 Å². The van der Waals surface area contributed by atoms with Crippen molar-refractivity contribution in [1.29, 1.82) is 0 Å². The molecule has 0 aliphatic carbocycles. The van der Waals surface area contributed by atoms with Crippen molar-refractivity contribution < 1.29 is 22.7 Å². The summed E-state index contributed by atoms with van der Waals surface area (Å²) in [6.45, 7) is 0.835. The van der Waals surface area contributed by atoms with Gasteiger partial charge in [-0.3, -0.25) is 4.79 Å². The van der Waals surface area contributed by atoms with E-state index in [2.05, 4.69) is 4.74 Å². The van der Waals surface area contributed by atoms with Gasteiger partial charge in [0.05, 0.1) is 13.0 Å². The van der Waals surface area contributed by atoms with E-state index in [1.807, 2.05) is 0 Å². The van der Waals surface area contributed by atoms with Crippen molar-refractivity contribution in [3.05, 3.63) is 0 Å². The fourth-order valence-electron chi connectivity index (χ4n) is 0.544. The van der Waals surface area contributed by atoms with Gasteiger partial charge in [0.2, 0.25) is 0 Å². The maximum atomic E-state index is 11.9. The Labute approximate surface area is 79.8 Å². The van der Waals surface area contributed by atoms with E-state index < -0.39 is 24.1 Å². The first-order valence-electron chi connectivity index (χ1n) is 3.20. The van der Waals surface area contributed by atoms with E-state index in [0.29, 0.717) is 0 Å². The number of carbonyl (C=O) groups excluding carboxylic acids is 1. The Kier molecular flexibility index (Phi) is 6.10. The normalized spacial score (nSPS) is 15.5. The molecule has 80 valence electrons. The Hall–Kier alpha value is -0.490. The number of hydrogen-bond acceptors (Lipinski definition) is 3. The summed E-state index contributed by atoms with van der Waals surface area (Å²) in [7, 11) is 0.991. The van der Waals surface area contributed by atoms with Gasteiger partial charge in [0.25, 0.3) is 0 Å². The second-order valence-electron chi connectivity index (χ2n) is 2.38. The molecule has 2 N–H and O–H groups in total. The Morgan fingerprint density at radius 1 is 1.46 bits per heavy atom. The minimum atomic E-state index is -4.46. The monoisotopic (exact) mass is 221 g/mol. The number of methoxy groups -OCH3 is 1. The van der Waals surface area contributed by atoms with Gasteiger partial charge in [0.1, 0.15) is 6.04 Å². The number of alkyl halides is 3. The quantitative estimate of drug-likeness (QED) is 0.711. The van der Waals surface area contributed by atoms with E-state index in [-0.39, 0.29) is 12.4 Å². The van der Waals surface area contributed by atoms with Crippen molar-refractivity contribution in [3.63, 3.8) is 0 Å². The fourth-order valence-corrected chi connectivity index (χ4v) is 0.544. The zero-order valence-corrected chi connectivity index (χ0v) is 7.91. The Morgan fingerprint density at radius 2 is 1.85 bits per heavy atom. The molecule has 13 heavy (non-hydrogen) atoms. The van der Waals surface area contributed by atoms with Gasteiger partial charge in [0.15, 0.2) is 0 Å². The van der Waals surface area contributed by atoms with Crippen molar-refractivity contribution in [1.82, 2.24) is 0 Å². The molecule has 0 amide bonds. The third kappa shape index (κ3) is 4.33. The first kappa shape index (κ1) is 15.0. The van der Waals surface area contributed by atoms with Crippen LogP contribution in [0.4, 0.5) is 13.2 Å². The van der Waals surface area contributed by atoms with Gasteiger partial charge in [-0.1, -0.05) is 6.92 Å². The highest BCUT2D eigenvalue weighted by molar-refractivity contribution is 5.85. The molecule has 0 spiro atoms. The van der Waals surface area contributed by atoms with E-state index in [4.69, 9.17) is 5.73 Å². The molecule has 0 radical (unpaired) electrons. The average Bonchev–Trinajstić information content (AvgIpc) is 1.98. The molecule has 0 saturated heterocycles. The van der Waals surface area contributed by atoms with E-state index in [1.54, 1.807) is 0 Å². The molecule has 0 heterocycles. The molecule has 0 aliphatic heterocycles. The molecule has 0 rings (SSSR count). The first-order valence-corrected chi connectivity index (χ1v) is 3.20. The highest BCUT2D eigenvalue weighted by atomic mass is 35.5. The van der Waals surface area contributed by atoms with Crippen LogP contribution < -0.4 is 5.73 Å². The molecule has 0 aliphatic rings. The lowest BCUT2D eigenvalue weighted by Gasteiger charge is -2.19. The van der Waals surface area contributed by atoms with Crippen LogP contribution in [0.1, 0.15) is 6.92 Å². The van der Waals surface area contributed by atoms with Crippen LogP contribution >= 0.6 is 12.4 Å². The number of esters is 1. The van der Waals surface area contributed by atoms with Gasteiger partial charge >= 0.3 is 12.1 Å². The number of nitrogens with two attached hydrogens (primary N) is 1. The van der Waals surface area contributed by atoms with Crippen molar-refractivity contribution in [2.75, 3.05) is 7.11 Å². The number of carbonyl (C=O) groups is 1. The molecule has 0 saturated carbocycles. The molecule has 2 unspecified atom stereocenters. The van der Waals surface area contributed by atoms with E-state index in [9.17, 15) is 18.0 Å². The topological polar surface area (TPSA) is 52.3 Å². The van der Waals surface area contributed by atoms with Gasteiger partial charge in [-0.25, -0.2) is 0 Å². The minimum absolute atomic E-state index is 0. The standard InChI is InChI=1S/C6H10F3NO2.ClH/c1-3(6(7,8)9)4(10)5(11)12-2;/h3-4H,10H2,1-2H3;1H. The van der Waals surface area contributed by atoms with Crippen molar-refractivity contribution in [2.24, 2.45) is 11.7 Å². The molecular formula is C6H11ClF3NO2. The second-order valence-corrected chi connectivity index (χ2v) is 2.38. The third-order valence-corrected chi connectivity index (χ3v) is 1.53. The van der Waals surface area contributed by atoms with E-state index >= 15 is 0 Å². The van der Waals surface area contributed by atoms with Crippen molar-refractivity contribution >= 4 is 18.4 Å². The smallest absolute Gasteiger partial charge is 0.393 e. The van der Waals surface area contributed by atoms with Crippen LogP contribution in [0.15, 0.2) is 0 Å². The summed E-state index contributed by atoms with van der Waals surface area (Å²) in [5.41, 5.74) is 4.96. The SMILES string of the molecule is COC(=O)C(N)C(C)C(F)(F)F.Cl. The predicted octanol–water partition coefficient (Wildman–Crippen LogP) is 1.11. The third-order valence-electron chi connectivity index (χ3n) is 1.53. The van der Waals surface area contributed by atoms with Gasteiger partial charge in [-0.15, -0.1) is 12.4 Å². The number of halogens is 4. The van der Waals surface area contributed by atoms with Crippen LogP contribution in [0, 0.1) is 5.92 Å². The molecule has 7 heteroatoms. The lowest BCUT2D eigenvalue weighted by molar-refractivity contribution is -0.183. The Balaban J connectivity index is 0. The highest BCUT2D eigenvalue weighted by Crippen LogP contribution is 2.27. The van der Waals surface area contributed by atoms with Gasteiger partial charge in [0, 0.05) is 0 Å². The molecule has 0 aromatic rings. The van der Waals surface area contributed by atoms with E-state index in [0.717, 1.165) is 14.0 Å². The molecule has 0 aromatic carbocycles. The summed E-state index contributed by atoms with van der Waals surface area (Å²) >= 11 is 0. The predicted molar refractivity (Wildman–Crippen MR) is 42.5 cm³/mol. The van der Waals surface area contributed by atoms with Crippen LogP contribution in [0.25, 0.3) is 0 Å². The molecular weight excluding hydrogens is 211 g/mol. The van der Waals surface area contributed by atoms with Crippen LogP contribution in [-0.2, 0) is 9.53 Å². The molecule has 0 aromatic heterocycles. The van der Waals surface area contributed by atoms with Crippen LogP contribution in [0.5, 0.6) is 0 Å². The number of ether oxygens (including phenoxy) is 1.